The highest BCUT2D eigenvalue weighted by atomic mass is 32.2. The maximum absolute atomic E-state index is 14.4. The van der Waals surface area contributed by atoms with Crippen molar-refractivity contribution in [3.8, 4) is 0 Å². The van der Waals surface area contributed by atoms with E-state index in [9.17, 15) is 19.2 Å². The normalized spacial score (nSPS) is 34.2. The predicted molar refractivity (Wildman–Crippen MR) is 209 cm³/mol. The Morgan fingerprint density at radius 1 is 1.02 bits per heavy atom. The molecule has 16 nitrogen and oxygen atoms in total. The number of hydrogen-bond donors (Lipinski definition) is 3. The summed E-state index contributed by atoms with van der Waals surface area (Å²) >= 11 is 0.864. The van der Waals surface area contributed by atoms with Crippen molar-refractivity contribution in [2.75, 3.05) is 34.9 Å². The lowest BCUT2D eigenvalue weighted by Gasteiger charge is -2.41. The van der Waals surface area contributed by atoms with Gasteiger partial charge in [-0.15, -0.1) is 0 Å². The van der Waals surface area contributed by atoms with Crippen molar-refractivity contribution in [1.29, 1.82) is 10.8 Å². The van der Waals surface area contributed by atoms with Gasteiger partial charge < -0.3 is 28.6 Å². The zero-order valence-corrected chi connectivity index (χ0v) is 34.8. The largest absolute Gasteiger partial charge is 0.461 e. The lowest BCUT2D eigenvalue weighted by atomic mass is 9.74. The molecule has 17 heteroatoms. The molecule has 3 fully saturated rings. The van der Waals surface area contributed by atoms with Crippen LogP contribution in [-0.2, 0) is 47.7 Å². The summed E-state index contributed by atoms with van der Waals surface area (Å²) in [5, 5.41) is 16.9. The zero-order chi connectivity index (χ0) is 41.4. The number of ketones is 2. The topological polar surface area (TPSA) is 212 Å². The van der Waals surface area contributed by atoms with Gasteiger partial charge in [-0.25, -0.2) is 0 Å². The Hall–Kier alpha value is -3.61. The molecular formula is C39H58N6O10S. The first kappa shape index (κ1) is 45.1. The van der Waals surface area contributed by atoms with Crippen LogP contribution in [0, 0.1) is 46.3 Å². The van der Waals surface area contributed by atoms with Gasteiger partial charge in [0, 0.05) is 56.5 Å². The SMILES string of the molecule is CN=C(NOC(C)C(=N)SC(=N)c1ccccn1)C1C(=O)OC2COC(=O)C(C)C(=O)C(C)[C@@H](OC3CC(N(C)C)CC(C)O3)C(OC)C[C@@H](C)C(=O)C(C)C21. The number of carbonyl (C=O) groups excluding carboxylic acids is 4. The molecule has 1 aromatic heterocycles. The Morgan fingerprint density at radius 3 is 2.36 bits per heavy atom. The summed E-state index contributed by atoms with van der Waals surface area (Å²) in [7, 11) is 6.93. The number of nitrogens with one attached hydrogen (secondary N) is 3. The number of esters is 2. The van der Waals surface area contributed by atoms with Crippen molar-refractivity contribution >= 4 is 51.2 Å². The first-order chi connectivity index (χ1) is 26.5. The van der Waals surface area contributed by atoms with E-state index in [4.69, 9.17) is 39.3 Å². The van der Waals surface area contributed by atoms with Crippen LogP contribution in [-0.4, -0.2) is 127 Å². The van der Waals surface area contributed by atoms with E-state index in [-0.39, 0.29) is 40.3 Å². The van der Waals surface area contributed by atoms with Crippen LogP contribution in [0.25, 0.3) is 0 Å². The highest BCUT2D eigenvalue weighted by molar-refractivity contribution is 8.26. The summed E-state index contributed by atoms with van der Waals surface area (Å²) in [4.78, 5) is 71.7. The first-order valence-electron chi connectivity index (χ1n) is 19.1. The van der Waals surface area contributed by atoms with Crippen molar-refractivity contribution in [2.24, 2.45) is 40.5 Å². The number of methoxy groups -OCH3 is 1. The molecule has 0 aromatic carbocycles. The van der Waals surface area contributed by atoms with E-state index in [1.165, 1.54) is 21.1 Å². The van der Waals surface area contributed by atoms with Gasteiger partial charge in [0.2, 0.25) is 0 Å². The van der Waals surface area contributed by atoms with Gasteiger partial charge in [-0.3, -0.25) is 50.3 Å². The van der Waals surface area contributed by atoms with Gasteiger partial charge in [-0.2, -0.15) is 0 Å². The van der Waals surface area contributed by atoms with E-state index in [0.717, 1.165) is 18.2 Å². The number of hydroxylamine groups is 1. The summed E-state index contributed by atoms with van der Waals surface area (Å²) < 4.78 is 30.2. The van der Waals surface area contributed by atoms with E-state index < -0.39 is 90.5 Å². The minimum Gasteiger partial charge on any atom is -0.461 e. The fraction of sp³-hybridized carbons (Fsp3) is 0.692. The van der Waals surface area contributed by atoms with Gasteiger partial charge in [0.15, 0.2) is 12.1 Å². The highest BCUT2D eigenvalue weighted by Crippen LogP contribution is 2.39. The molecule has 0 amide bonds. The Balaban J connectivity index is 1.58. The van der Waals surface area contributed by atoms with Crippen LogP contribution in [0.3, 0.4) is 0 Å². The third-order valence-electron chi connectivity index (χ3n) is 11.1. The summed E-state index contributed by atoms with van der Waals surface area (Å²) in [6.45, 7) is 9.81. The number of fused-ring (bicyclic) bond motifs is 1. The zero-order valence-electron chi connectivity index (χ0n) is 34.0. The molecule has 3 N–H and O–H groups in total. The Kier molecular flexibility index (Phi) is 16.3. The summed E-state index contributed by atoms with van der Waals surface area (Å²) in [6, 6.07) is 5.32. The molecule has 310 valence electrons. The van der Waals surface area contributed by atoms with E-state index in [0.29, 0.717) is 12.1 Å². The second-order valence-corrected chi connectivity index (χ2v) is 16.3. The van der Waals surface area contributed by atoms with Gasteiger partial charge in [-0.05, 0) is 59.8 Å². The first-order valence-corrected chi connectivity index (χ1v) is 19.9. The molecule has 56 heavy (non-hydrogen) atoms. The molecule has 0 aliphatic carbocycles. The van der Waals surface area contributed by atoms with Crippen LogP contribution in [0.15, 0.2) is 29.4 Å². The molecule has 0 bridgehead atoms. The van der Waals surface area contributed by atoms with Gasteiger partial charge in [0.25, 0.3) is 0 Å². The van der Waals surface area contributed by atoms with Gasteiger partial charge in [0.1, 0.15) is 52.4 Å². The Labute approximate surface area is 333 Å². The van der Waals surface area contributed by atoms with Crippen LogP contribution in [0.5, 0.6) is 0 Å². The van der Waals surface area contributed by atoms with Crippen molar-refractivity contribution < 1.29 is 47.7 Å². The lowest BCUT2D eigenvalue weighted by molar-refractivity contribution is -0.245. The summed E-state index contributed by atoms with van der Waals surface area (Å²) in [5.41, 5.74) is 3.12. The molecule has 3 aliphatic rings. The monoisotopic (exact) mass is 802 g/mol. The molecule has 0 spiro atoms. The number of rotatable bonds is 9. The number of nitrogens with zero attached hydrogens (tertiary/aromatic N) is 3. The molecule has 13 atom stereocenters. The fourth-order valence-electron chi connectivity index (χ4n) is 7.63. The van der Waals surface area contributed by atoms with Gasteiger partial charge >= 0.3 is 11.9 Å². The van der Waals surface area contributed by atoms with E-state index in [1.807, 2.05) is 21.0 Å². The van der Waals surface area contributed by atoms with Crippen molar-refractivity contribution in [2.45, 2.75) is 104 Å². The van der Waals surface area contributed by atoms with Crippen LogP contribution >= 0.6 is 11.8 Å². The standard InChI is InChI=1S/C39H58N6O10S/c1-19-15-27(50-10)34(54-29-17-25(45(8)9)16-20(2)52-29)22(4)33(47)23(5)38(48)51-18-28-30(21(3)32(19)46)31(39(49)53-28)37(42-7)44-55-24(6)35(40)56-36(41)26-13-11-12-14-43-26/h11-14,19-25,27-31,34,40-41H,15-18H2,1-10H3,(H,42,44)/t19-,20?,21?,22?,23?,24?,25?,27?,28?,29?,30?,31?,34-/m1/s1. The molecule has 1 aromatic rings. The number of pyridine rings is 1. The van der Waals surface area contributed by atoms with E-state index in [2.05, 4.69) is 20.4 Å². The van der Waals surface area contributed by atoms with Gasteiger partial charge in [0.05, 0.1) is 24.0 Å². The number of carbonyl (C=O) groups is 4. The van der Waals surface area contributed by atoms with Crippen molar-refractivity contribution in [3.05, 3.63) is 30.1 Å². The average molecular weight is 803 g/mol. The van der Waals surface area contributed by atoms with Crippen LogP contribution in [0.1, 0.15) is 66.5 Å². The molecule has 4 rings (SSSR count). The summed E-state index contributed by atoms with van der Waals surface area (Å²) in [5.74, 6) is -7.54. The second kappa shape index (κ2) is 20.2. The Morgan fingerprint density at radius 2 is 1.73 bits per heavy atom. The molecule has 11 unspecified atom stereocenters. The highest BCUT2D eigenvalue weighted by Gasteiger charge is 2.53. The van der Waals surface area contributed by atoms with E-state index >= 15 is 0 Å². The second-order valence-electron chi connectivity index (χ2n) is 15.2. The van der Waals surface area contributed by atoms with Crippen LogP contribution in [0.4, 0.5) is 0 Å². The number of aliphatic imine (C=N–C) groups is 1. The van der Waals surface area contributed by atoms with Crippen LogP contribution in [0.2, 0.25) is 0 Å². The number of thioether (sulfide) groups is 1. The van der Waals surface area contributed by atoms with Gasteiger partial charge in [-0.1, -0.05) is 38.6 Å². The Bertz CT molecular complexity index is 1610. The number of Topliss-reactive ketones (excluding diaryl/α,β-unsaturated/α-hetero) is 2. The molecule has 0 saturated carbocycles. The number of amidine groups is 1. The smallest absolute Gasteiger partial charge is 0.317 e. The molecule has 4 heterocycles. The van der Waals surface area contributed by atoms with E-state index in [1.54, 1.807) is 52.1 Å². The number of hydrogen-bond acceptors (Lipinski definition) is 16. The molecule has 3 aliphatic heterocycles. The minimum atomic E-state index is -1.18. The average Bonchev–Trinajstić information content (AvgIpc) is 3.51. The maximum atomic E-state index is 14.4. The number of ether oxygens (including phenoxy) is 5. The minimum absolute atomic E-state index is 0.00667. The maximum Gasteiger partial charge on any atom is 0.317 e. The van der Waals surface area contributed by atoms with Crippen molar-refractivity contribution in [3.63, 3.8) is 0 Å². The summed E-state index contributed by atoms with van der Waals surface area (Å²) in [6.07, 6.45) is -1.18. The third kappa shape index (κ3) is 10.9. The molecular weight excluding hydrogens is 745 g/mol. The molecule has 0 radical (unpaired) electrons. The lowest BCUT2D eigenvalue weighted by Crippen LogP contribution is -2.50. The fourth-order valence-corrected chi connectivity index (χ4v) is 8.29. The number of cyclic esters (lactones) is 1. The quantitative estimate of drug-likeness (QED) is 0.107. The predicted octanol–water partition coefficient (Wildman–Crippen LogP) is 3.70. The van der Waals surface area contributed by atoms with Crippen molar-refractivity contribution in [1.82, 2.24) is 15.4 Å². The van der Waals surface area contributed by atoms with Crippen LogP contribution < -0.4 is 5.48 Å². The third-order valence-corrected chi connectivity index (χ3v) is 12.0. The number of aromatic nitrogens is 1. The molecule has 3 saturated heterocycles.